The molecular formula is C13H17NO5. The first-order chi connectivity index (χ1) is 8.69. The molecule has 0 unspecified atom stereocenters. The number of benzene rings is 1. The van der Waals surface area contributed by atoms with Crippen molar-refractivity contribution in [2.24, 2.45) is 0 Å². The quantitative estimate of drug-likeness (QED) is 0.779. The fourth-order valence-corrected chi connectivity index (χ4v) is 1.36. The fraction of sp³-hybridized carbons (Fsp3) is 0.385. The topological polar surface area (TPSA) is 95.9 Å². The van der Waals surface area contributed by atoms with E-state index in [4.69, 9.17) is 9.84 Å². The Labute approximate surface area is 111 Å². The van der Waals surface area contributed by atoms with Crippen LogP contribution in [0.1, 0.15) is 36.7 Å². The SMILES string of the molecule is CC(C)(C)OC(=O)NCc1ccc(C(=O)O)c(O)c1. The van der Waals surface area contributed by atoms with Crippen molar-refractivity contribution in [3.8, 4) is 5.75 Å². The van der Waals surface area contributed by atoms with Crippen molar-refractivity contribution in [1.82, 2.24) is 5.32 Å². The Morgan fingerprint density at radius 3 is 2.42 bits per heavy atom. The molecule has 0 spiro atoms. The second-order valence-corrected chi connectivity index (χ2v) is 5.01. The third kappa shape index (κ3) is 4.87. The fourth-order valence-electron chi connectivity index (χ4n) is 1.36. The number of aromatic carboxylic acids is 1. The standard InChI is InChI=1S/C13H17NO5/c1-13(2,3)19-12(18)14-7-8-4-5-9(11(16)17)10(15)6-8/h4-6,15H,7H2,1-3H3,(H,14,18)(H,16,17). The first-order valence-corrected chi connectivity index (χ1v) is 5.71. The number of nitrogens with one attached hydrogen (secondary N) is 1. The summed E-state index contributed by atoms with van der Waals surface area (Å²) < 4.78 is 5.04. The Bertz CT molecular complexity index is 490. The molecule has 0 saturated carbocycles. The van der Waals surface area contributed by atoms with Gasteiger partial charge in [-0.15, -0.1) is 0 Å². The molecule has 1 rings (SSSR count). The minimum atomic E-state index is -1.20. The molecule has 104 valence electrons. The maximum Gasteiger partial charge on any atom is 0.407 e. The number of hydrogen-bond acceptors (Lipinski definition) is 4. The van der Waals surface area contributed by atoms with Crippen LogP contribution < -0.4 is 5.32 Å². The lowest BCUT2D eigenvalue weighted by Gasteiger charge is -2.19. The zero-order valence-electron chi connectivity index (χ0n) is 11.1. The molecule has 0 aliphatic rings. The van der Waals surface area contributed by atoms with E-state index in [-0.39, 0.29) is 17.9 Å². The number of ether oxygens (including phenoxy) is 1. The van der Waals surface area contributed by atoms with Crippen LogP contribution in [0.5, 0.6) is 5.75 Å². The first-order valence-electron chi connectivity index (χ1n) is 5.71. The molecule has 0 aliphatic carbocycles. The second-order valence-electron chi connectivity index (χ2n) is 5.01. The molecule has 0 fully saturated rings. The van der Waals surface area contributed by atoms with E-state index in [1.165, 1.54) is 18.2 Å². The maximum absolute atomic E-state index is 11.4. The van der Waals surface area contributed by atoms with Gasteiger partial charge in [0.25, 0.3) is 0 Å². The van der Waals surface area contributed by atoms with Gasteiger partial charge in [-0.1, -0.05) is 6.07 Å². The van der Waals surface area contributed by atoms with Gasteiger partial charge in [0.2, 0.25) is 0 Å². The number of amides is 1. The van der Waals surface area contributed by atoms with Crippen LogP contribution in [0.2, 0.25) is 0 Å². The van der Waals surface area contributed by atoms with Gasteiger partial charge < -0.3 is 20.3 Å². The average molecular weight is 267 g/mol. The Hall–Kier alpha value is -2.24. The number of carboxylic acid groups (broad SMARTS) is 1. The molecule has 0 aliphatic heterocycles. The molecule has 1 amide bonds. The van der Waals surface area contributed by atoms with Gasteiger partial charge in [-0.3, -0.25) is 0 Å². The largest absolute Gasteiger partial charge is 0.507 e. The second kappa shape index (κ2) is 5.60. The van der Waals surface area contributed by atoms with Gasteiger partial charge in [0.1, 0.15) is 16.9 Å². The number of alkyl carbamates (subject to hydrolysis) is 1. The van der Waals surface area contributed by atoms with E-state index in [9.17, 15) is 14.7 Å². The summed E-state index contributed by atoms with van der Waals surface area (Å²) in [4.78, 5) is 22.1. The number of aromatic hydroxyl groups is 1. The van der Waals surface area contributed by atoms with Crippen LogP contribution in [0.3, 0.4) is 0 Å². The summed E-state index contributed by atoms with van der Waals surface area (Å²) in [7, 11) is 0. The van der Waals surface area contributed by atoms with Crippen molar-refractivity contribution in [1.29, 1.82) is 0 Å². The van der Waals surface area contributed by atoms with Crippen LogP contribution in [0.25, 0.3) is 0 Å². The Balaban J connectivity index is 2.62. The number of carbonyl (C=O) groups excluding carboxylic acids is 1. The van der Waals surface area contributed by atoms with E-state index in [1.54, 1.807) is 20.8 Å². The van der Waals surface area contributed by atoms with E-state index in [2.05, 4.69) is 5.32 Å². The third-order valence-electron chi connectivity index (χ3n) is 2.13. The summed E-state index contributed by atoms with van der Waals surface area (Å²) >= 11 is 0. The summed E-state index contributed by atoms with van der Waals surface area (Å²) in [6.45, 7) is 5.39. The molecule has 6 nitrogen and oxygen atoms in total. The van der Waals surface area contributed by atoms with Gasteiger partial charge in [-0.25, -0.2) is 9.59 Å². The number of phenols is 1. The number of hydrogen-bond donors (Lipinski definition) is 3. The summed E-state index contributed by atoms with van der Waals surface area (Å²) in [6, 6.07) is 4.09. The van der Waals surface area contributed by atoms with Crippen molar-refractivity contribution in [2.45, 2.75) is 32.9 Å². The predicted octanol–water partition coefficient (Wildman–Crippen LogP) is 2.12. The molecule has 0 heterocycles. The van der Waals surface area contributed by atoms with Gasteiger partial charge in [0.15, 0.2) is 0 Å². The van der Waals surface area contributed by atoms with Crippen molar-refractivity contribution in [3.63, 3.8) is 0 Å². The average Bonchev–Trinajstić information content (AvgIpc) is 2.23. The van der Waals surface area contributed by atoms with Crippen LogP contribution in [0.15, 0.2) is 18.2 Å². The minimum absolute atomic E-state index is 0.141. The molecule has 0 aromatic heterocycles. The monoisotopic (exact) mass is 267 g/mol. The van der Waals surface area contributed by atoms with E-state index in [0.717, 1.165) is 0 Å². The molecule has 0 saturated heterocycles. The molecule has 1 aromatic rings. The van der Waals surface area contributed by atoms with Gasteiger partial charge in [0.05, 0.1) is 0 Å². The highest BCUT2D eigenvalue weighted by Gasteiger charge is 2.16. The molecule has 1 aromatic carbocycles. The highest BCUT2D eigenvalue weighted by molar-refractivity contribution is 5.90. The normalized spacial score (nSPS) is 10.9. The zero-order chi connectivity index (χ0) is 14.6. The Morgan fingerprint density at radius 2 is 1.95 bits per heavy atom. The zero-order valence-corrected chi connectivity index (χ0v) is 11.1. The summed E-state index contributed by atoms with van der Waals surface area (Å²) in [5.74, 6) is -1.54. The van der Waals surface area contributed by atoms with Crippen LogP contribution in [-0.2, 0) is 11.3 Å². The highest BCUT2D eigenvalue weighted by Crippen LogP contribution is 2.18. The van der Waals surface area contributed by atoms with E-state index < -0.39 is 17.7 Å². The maximum atomic E-state index is 11.4. The minimum Gasteiger partial charge on any atom is -0.507 e. The van der Waals surface area contributed by atoms with Crippen molar-refractivity contribution < 1.29 is 24.5 Å². The Kier molecular flexibility index (Phi) is 4.37. The van der Waals surface area contributed by atoms with E-state index in [1.807, 2.05) is 0 Å². The van der Waals surface area contributed by atoms with Crippen LogP contribution >= 0.6 is 0 Å². The van der Waals surface area contributed by atoms with Crippen molar-refractivity contribution >= 4 is 12.1 Å². The van der Waals surface area contributed by atoms with Gasteiger partial charge in [-0.05, 0) is 38.5 Å². The summed E-state index contributed by atoms with van der Waals surface area (Å²) in [5, 5.41) is 20.8. The molecule has 19 heavy (non-hydrogen) atoms. The van der Waals surface area contributed by atoms with Gasteiger partial charge in [-0.2, -0.15) is 0 Å². The number of carboxylic acids is 1. The summed E-state index contributed by atoms with van der Waals surface area (Å²) in [5.41, 5.74) is -0.186. The molecule has 3 N–H and O–H groups in total. The van der Waals surface area contributed by atoms with Gasteiger partial charge in [0, 0.05) is 6.54 Å². The van der Waals surface area contributed by atoms with Crippen LogP contribution in [0.4, 0.5) is 4.79 Å². The lowest BCUT2D eigenvalue weighted by molar-refractivity contribution is 0.0522. The molecule has 6 heteroatoms. The molecular weight excluding hydrogens is 250 g/mol. The number of rotatable bonds is 3. The predicted molar refractivity (Wildman–Crippen MR) is 68.1 cm³/mol. The van der Waals surface area contributed by atoms with Gasteiger partial charge >= 0.3 is 12.1 Å². The molecule has 0 atom stereocenters. The van der Waals surface area contributed by atoms with Crippen LogP contribution in [-0.4, -0.2) is 27.9 Å². The molecule has 0 radical (unpaired) electrons. The van der Waals surface area contributed by atoms with Crippen molar-refractivity contribution in [3.05, 3.63) is 29.3 Å². The molecule has 0 bridgehead atoms. The van der Waals surface area contributed by atoms with E-state index >= 15 is 0 Å². The third-order valence-corrected chi connectivity index (χ3v) is 2.13. The van der Waals surface area contributed by atoms with Crippen LogP contribution in [0, 0.1) is 0 Å². The smallest absolute Gasteiger partial charge is 0.407 e. The Morgan fingerprint density at radius 1 is 1.32 bits per heavy atom. The number of carbonyl (C=O) groups is 2. The first kappa shape index (κ1) is 14.8. The summed E-state index contributed by atoms with van der Waals surface area (Å²) in [6.07, 6.45) is -0.575. The lowest BCUT2D eigenvalue weighted by atomic mass is 10.1. The van der Waals surface area contributed by atoms with E-state index in [0.29, 0.717) is 5.56 Å². The van der Waals surface area contributed by atoms with Crippen molar-refractivity contribution in [2.75, 3.05) is 0 Å². The highest BCUT2D eigenvalue weighted by atomic mass is 16.6. The lowest BCUT2D eigenvalue weighted by Crippen LogP contribution is -2.32.